The number of nitrogens with zero attached hydrogens (tertiary/aromatic N) is 1. The van der Waals surface area contributed by atoms with Gasteiger partial charge in [0.05, 0.1) is 16.8 Å². The molecule has 162 valence electrons. The van der Waals surface area contributed by atoms with Crippen LogP contribution in [0, 0.1) is 6.92 Å². The SMILES string of the molecule is Cc1ccc(NC(=O)C(=O)N/N=C/c2cccc(OC(=O)c3ccc(Cl)cc3Cl)c2)cc1. The fourth-order valence-corrected chi connectivity index (χ4v) is 3.00. The Hall–Kier alpha value is -3.68. The molecule has 0 atom stereocenters. The van der Waals surface area contributed by atoms with Crippen molar-refractivity contribution in [1.29, 1.82) is 0 Å². The highest BCUT2D eigenvalue weighted by molar-refractivity contribution is 6.39. The van der Waals surface area contributed by atoms with Gasteiger partial charge in [0.15, 0.2) is 0 Å². The van der Waals surface area contributed by atoms with Crippen molar-refractivity contribution in [2.75, 3.05) is 5.32 Å². The van der Waals surface area contributed by atoms with Crippen molar-refractivity contribution in [3.8, 4) is 5.75 Å². The number of anilines is 1. The van der Waals surface area contributed by atoms with Crippen molar-refractivity contribution in [2.45, 2.75) is 6.92 Å². The third kappa shape index (κ3) is 6.41. The summed E-state index contributed by atoms with van der Waals surface area (Å²) in [5, 5.41) is 6.80. The normalized spacial score (nSPS) is 10.6. The zero-order chi connectivity index (χ0) is 23.1. The van der Waals surface area contributed by atoms with Gasteiger partial charge in [-0.15, -0.1) is 0 Å². The van der Waals surface area contributed by atoms with Crippen LogP contribution in [0.15, 0.2) is 71.8 Å². The molecule has 0 unspecified atom stereocenters. The summed E-state index contributed by atoms with van der Waals surface area (Å²) < 4.78 is 5.32. The van der Waals surface area contributed by atoms with Gasteiger partial charge >= 0.3 is 17.8 Å². The minimum absolute atomic E-state index is 0.169. The Morgan fingerprint density at radius 3 is 2.41 bits per heavy atom. The highest BCUT2D eigenvalue weighted by Gasteiger charge is 2.14. The number of ether oxygens (including phenoxy) is 1. The molecule has 2 amide bonds. The monoisotopic (exact) mass is 469 g/mol. The predicted molar refractivity (Wildman–Crippen MR) is 123 cm³/mol. The number of esters is 1. The van der Waals surface area contributed by atoms with Crippen LogP contribution in [0.1, 0.15) is 21.5 Å². The molecule has 9 heteroatoms. The second kappa shape index (κ2) is 10.6. The van der Waals surface area contributed by atoms with Gasteiger partial charge in [-0.1, -0.05) is 53.0 Å². The minimum atomic E-state index is -0.929. The Bertz CT molecular complexity index is 1190. The van der Waals surface area contributed by atoms with Gasteiger partial charge in [0.2, 0.25) is 0 Å². The lowest BCUT2D eigenvalue weighted by atomic mass is 10.2. The van der Waals surface area contributed by atoms with Gasteiger partial charge in [0, 0.05) is 10.7 Å². The van der Waals surface area contributed by atoms with Crippen molar-refractivity contribution in [2.24, 2.45) is 5.10 Å². The average molecular weight is 470 g/mol. The largest absolute Gasteiger partial charge is 0.423 e. The molecule has 0 spiro atoms. The fraction of sp³-hybridized carbons (Fsp3) is 0.0435. The molecule has 0 radical (unpaired) electrons. The molecule has 0 bridgehead atoms. The third-order valence-electron chi connectivity index (χ3n) is 4.12. The summed E-state index contributed by atoms with van der Waals surface area (Å²) in [5.74, 6) is -2.19. The maximum Gasteiger partial charge on any atom is 0.345 e. The van der Waals surface area contributed by atoms with Gasteiger partial charge in [-0.25, -0.2) is 10.2 Å². The van der Waals surface area contributed by atoms with Crippen molar-refractivity contribution in [3.63, 3.8) is 0 Å². The van der Waals surface area contributed by atoms with E-state index in [0.717, 1.165) is 5.56 Å². The summed E-state index contributed by atoms with van der Waals surface area (Å²) in [4.78, 5) is 36.1. The number of hydrazone groups is 1. The van der Waals surface area contributed by atoms with Gasteiger partial charge < -0.3 is 10.1 Å². The number of halogens is 2. The van der Waals surface area contributed by atoms with Gasteiger partial charge in [0.25, 0.3) is 0 Å². The van der Waals surface area contributed by atoms with E-state index in [2.05, 4.69) is 15.8 Å². The van der Waals surface area contributed by atoms with E-state index >= 15 is 0 Å². The smallest absolute Gasteiger partial charge is 0.345 e. The lowest BCUT2D eigenvalue weighted by Gasteiger charge is -2.07. The summed E-state index contributed by atoms with van der Waals surface area (Å²) in [7, 11) is 0. The molecule has 0 aliphatic carbocycles. The molecule has 0 aliphatic heterocycles. The molecule has 3 aromatic rings. The van der Waals surface area contributed by atoms with Gasteiger partial charge in [-0.3, -0.25) is 9.59 Å². The van der Waals surface area contributed by atoms with Gasteiger partial charge in [0.1, 0.15) is 5.75 Å². The summed E-state index contributed by atoms with van der Waals surface area (Å²) in [6.45, 7) is 1.91. The number of aryl methyl sites for hydroxylation is 1. The van der Waals surface area contributed by atoms with E-state index in [0.29, 0.717) is 16.3 Å². The van der Waals surface area contributed by atoms with E-state index in [1.165, 1.54) is 30.5 Å². The molecule has 3 rings (SSSR count). The molecule has 3 aromatic carbocycles. The Morgan fingerprint density at radius 1 is 0.938 bits per heavy atom. The number of nitrogens with one attached hydrogen (secondary N) is 2. The lowest BCUT2D eigenvalue weighted by molar-refractivity contribution is -0.136. The number of carbonyl (C=O) groups is 3. The van der Waals surface area contributed by atoms with Crippen LogP contribution in [-0.4, -0.2) is 24.0 Å². The molecule has 0 heterocycles. The zero-order valence-corrected chi connectivity index (χ0v) is 18.3. The molecular formula is C23H17Cl2N3O4. The van der Waals surface area contributed by atoms with Crippen LogP contribution in [0.25, 0.3) is 0 Å². The van der Waals surface area contributed by atoms with Crippen LogP contribution < -0.4 is 15.5 Å². The van der Waals surface area contributed by atoms with Crippen molar-refractivity contribution in [3.05, 3.63) is 93.5 Å². The van der Waals surface area contributed by atoms with E-state index in [4.69, 9.17) is 27.9 Å². The van der Waals surface area contributed by atoms with Crippen LogP contribution in [0.3, 0.4) is 0 Å². The van der Waals surface area contributed by atoms with Crippen LogP contribution in [0.5, 0.6) is 5.75 Å². The Morgan fingerprint density at radius 2 is 1.69 bits per heavy atom. The molecule has 2 N–H and O–H groups in total. The highest BCUT2D eigenvalue weighted by atomic mass is 35.5. The first-order chi connectivity index (χ1) is 15.3. The summed E-state index contributed by atoms with van der Waals surface area (Å²) >= 11 is 11.9. The zero-order valence-electron chi connectivity index (χ0n) is 16.8. The number of carbonyl (C=O) groups excluding carboxylic acids is 3. The second-order valence-electron chi connectivity index (χ2n) is 6.61. The quantitative estimate of drug-likeness (QED) is 0.187. The summed E-state index contributed by atoms with van der Waals surface area (Å²) in [5.41, 5.74) is 4.36. The van der Waals surface area contributed by atoms with Crippen LogP contribution in [0.4, 0.5) is 5.69 Å². The lowest BCUT2D eigenvalue weighted by Crippen LogP contribution is -2.32. The predicted octanol–water partition coefficient (Wildman–Crippen LogP) is 4.61. The topological polar surface area (TPSA) is 96.9 Å². The molecule has 0 saturated heterocycles. The molecule has 7 nitrogen and oxygen atoms in total. The van der Waals surface area contributed by atoms with E-state index in [-0.39, 0.29) is 16.3 Å². The summed E-state index contributed by atoms with van der Waals surface area (Å²) in [6, 6.07) is 17.9. The minimum Gasteiger partial charge on any atom is -0.423 e. The van der Waals surface area contributed by atoms with E-state index in [1.54, 1.807) is 30.3 Å². The maximum absolute atomic E-state index is 12.3. The highest BCUT2D eigenvalue weighted by Crippen LogP contribution is 2.23. The van der Waals surface area contributed by atoms with E-state index in [1.807, 2.05) is 19.1 Å². The molecule has 0 aliphatic rings. The maximum atomic E-state index is 12.3. The van der Waals surface area contributed by atoms with Crippen molar-refractivity contribution < 1.29 is 19.1 Å². The summed E-state index contributed by atoms with van der Waals surface area (Å²) in [6.07, 6.45) is 1.31. The first-order valence-electron chi connectivity index (χ1n) is 9.30. The van der Waals surface area contributed by atoms with E-state index in [9.17, 15) is 14.4 Å². The Kier molecular flexibility index (Phi) is 7.59. The van der Waals surface area contributed by atoms with Crippen LogP contribution in [-0.2, 0) is 9.59 Å². The third-order valence-corrected chi connectivity index (χ3v) is 4.66. The second-order valence-corrected chi connectivity index (χ2v) is 7.45. The molecular weight excluding hydrogens is 453 g/mol. The van der Waals surface area contributed by atoms with Crippen LogP contribution >= 0.6 is 23.2 Å². The van der Waals surface area contributed by atoms with Crippen molar-refractivity contribution >= 4 is 52.9 Å². The fourth-order valence-electron chi connectivity index (χ4n) is 2.52. The number of rotatable bonds is 5. The Balaban J connectivity index is 1.57. The van der Waals surface area contributed by atoms with Gasteiger partial charge in [-0.05, 0) is 55.0 Å². The molecule has 32 heavy (non-hydrogen) atoms. The van der Waals surface area contributed by atoms with Crippen LogP contribution in [0.2, 0.25) is 10.0 Å². The van der Waals surface area contributed by atoms with Crippen molar-refractivity contribution in [1.82, 2.24) is 5.43 Å². The number of hydrogen-bond donors (Lipinski definition) is 2. The molecule has 0 saturated carbocycles. The Labute approximate surface area is 194 Å². The number of benzene rings is 3. The first-order valence-corrected chi connectivity index (χ1v) is 10.1. The molecule has 0 aromatic heterocycles. The standard InChI is InChI=1S/C23H17Cl2N3O4/c1-14-5-8-17(9-6-14)27-21(29)22(30)28-26-13-15-3-2-4-18(11-15)32-23(31)19-10-7-16(24)12-20(19)25/h2-13H,1H3,(H,27,29)(H,28,30)/b26-13+. The molecule has 0 fully saturated rings. The first kappa shape index (κ1) is 23.0. The number of hydrogen-bond acceptors (Lipinski definition) is 5. The van der Waals surface area contributed by atoms with E-state index < -0.39 is 17.8 Å². The average Bonchev–Trinajstić information content (AvgIpc) is 2.75. The van der Waals surface area contributed by atoms with Gasteiger partial charge in [-0.2, -0.15) is 5.10 Å². The number of amides is 2.